The molecular weight excluding hydrogens is 290 g/mol. The number of nitrogens with zero attached hydrogens (tertiary/aromatic N) is 1. The van der Waals surface area contributed by atoms with Gasteiger partial charge in [0.1, 0.15) is 0 Å². The van der Waals surface area contributed by atoms with Crippen molar-refractivity contribution in [2.75, 3.05) is 32.1 Å². The number of hydrogen-bond acceptors (Lipinski definition) is 2. The number of ether oxygens (including phenoxy) is 1. The van der Waals surface area contributed by atoms with Crippen molar-refractivity contribution in [2.24, 2.45) is 0 Å². The van der Waals surface area contributed by atoms with Crippen molar-refractivity contribution in [3.05, 3.63) is 0 Å². The smallest absolute Gasteiger partial charge is 0.0596 e. The Morgan fingerprint density at radius 2 is 1.44 bits per heavy atom. The van der Waals surface area contributed by atoms with Crippen LogP contribution in [0.1, 0.15) is 58.8 Å². The molecule has 0 aromatic heterocycles. The number of likely N-dealkylation sites (N-methyl/N-ethyl adjacent to an activating group) is 1. The molecule has 0 aliphatic heterocycles. The average molecular weight is 322 g/mol. The molecule has 0 rings (SSSR count). The molecule has 0 aliphatic carbocycles. The predicted octanol–water partition coefficient (Wildman–Crippen LogP) is 4.47. The van der Waals surface area contributed by atoms with Crippen molar-refractivity contribution in [1.82, 2.24) is 4.90 Å². The van der Waals surface area contributed by atoms with Gasteiger partial charge in [-0.1, -0.05) is 48.0 Å². The predicted molar refractivity (Wildman–Crippen MR) is 84.7 cm³/mol. The van der Waals surface area contributed by atoms with Crippen LogP contribution in [-0.2, 0) is 4.74 Å². The minimum Gasteiger partial charge on any atom is -0.377 e. The highest BCUT2D eigenvalue weighted by atomic mass is 79.9. The van der Waals surface area contributed by atoms with Crippen LogP contribution in [0.5, 0.6) is 0 Å². The maximum Gasteiger partial charge on any atom is 0.0596 e. The summed E-state index contributed by atoms with van der Waals surface area (Å²) >= 11 is 3.47. The van der Waals surface area contributed by atoms with E-state index in [9.17, 15) is 0 Å². The second kappa shape index (κ2) is 13.8. The molecule has 110 valence electrons. The van der Waals surface area contributed by atoms with E-state index >= 15 is 0 Å². The van der Waals surface area contributed by atoms with E-state index in [-0.39, 0.29) is 0 Å². The van der Waals surface area contributed by atoms with E-state index in [1.54, 1.807) is 0 Å². The summed E-state index contributed by atoms with van der Waals surface area (Å²) in [6, 6.07) is 0. The summed E-state index contributed by atoms with van der Waals surface area (Å²) in [5.41, 5.74) is 0. The molecule has 18 heavy (non-hydrogen) atoms. The average Bonchev–Trinajstić information content (AvgIpc) is 2.32. The molecule has 0 N–H and O–H groups in total. The van der Waals surface area contributed by atoms with E-state index in [2.05, 4.69) is 41.7 Å². The van der Waals surface area contributed by atoms with Gasteiger partial charge in [-0.2, -0.15) is 0 Å². The Kier molecular flexibility index (Phi) is 14.1. The van der Waals surface area contributed by atoms with E-state index in [1.807, 2.05) is 0 Å². The van der Waals surface area contributed by atoms with E-state index in [0.29, 0.717) is 6.10 Å². The number of rotatable bonds is 13. The fourth-order valence-corrected chi connectivity index (χ4v) is 2.31. The van der Waals surface area contributed by atoms with Gasteiger partial charge in [0.25, 0.3) is 0 Å². The summed E-state index contributed by atoms with van der Waals surface area (Å²) in [6.07, 6.45) is 10.0. The van der Waals surface area contributed by atoms with Gasteiger partial charge in [0, 0.05) is 11.9 Å². The van der Waals surface area contributed by atoms with E-state index in [4.69, 9.17) is 4.74 Å². The first-order valence-electron chi connectivity index (χ1n) is 7.53. The van der Waals surface area contributed by atoms with Crippen LogP contribution in [0.15, 0.2) is 0 Å². The highest BCUT2D eigenvalue weighted by molar-refractivity contribution is 9.09. The van der Waals surface area contributed by atoms with Crippen LogP contribution < -0.4 is 0 Å². The topological polar surface area (TPSA) is 12.5 Å². The monoisotopic (exact) mass is 321 g/mol. The number of halogens is 1. The van der Waals surface area contributed by atoms with Crippen molar-refractivity contribution >= 4 is 15.9 Å². The molecule has 0 fully saturated rings. The molecule has 0 aliphatic rings. The Hall–Kier alpha value is 0.400. The Morgan fingerprint density at radius 1 is 0.889 bits per heavy atom. The Balaban J connectivity index is 3.12. The second-order valence-corrected chi connectivity index (χ2v) is 6.18. The zero-order valence-electron chi connectivity index (χ0n) is 12.6. The Morgan fingerprint density at radius 3 is 2.00 bits per heavy atom. The van der Waals surface area contributed by atoms with Crippen LogP contribution >= 0.6 is 15.9 Å². The molecule has 0 atom stereocenters. The Labute approximate surface area is 123 Å². The lowest BCUT2D eigenvalue weighted by Gasteiger charge is -2.17. The molecule has 0 radical (unpaired) electrons. The summed E-state index contributed by atoms with van der Waals surface area (Å²) in [4.78, 5) is 2.38. The van der Waals surface area contributed by atoms with Crippen molar-refractivity contribution in [2.45, 2.75) is 64.9 Å². The lowest BCUT2D eigenvalue weighted by Crippen LogP contribution is -2.25. The second-order valence-electron chi connectivity index (χ2n) is 5.39. The van der Waals surface area contributed by atoms with Gasteiger partial charge >= 0.3 is 0 Å². The van der Waals surface area contributed by atoms with E-state index < -0.39 is 0 Å². The molecular formula is C15H32BrNO. The molecule has 0 spiro atoms. The van der Waals surface area contributed by atoms with Gasteiger partial charge in [0.15, 0.2) is 0 Å². The summed E-state index contributed by atoms with van der Waals surface area (Å²) < 4.78 is 5.55. The van der Waals surface area contributed by atoms with Crippen LogP contribution in [0.25, 0.3) is 0 Å². The third-order valence-corrected chi connectivity index (χ3v) is 3.66. The first-order chi connectivity index (χ1) is 8.66. The number of unbranched alkanes of at least 4 members (excludes halogenated alkanes) is 6. The Bertz CT molecular complexity index is 165. The van der Waals surface area contributed by atoms with Gasteiger partial charge in [-0.3, -0.25) is 0 Å². The molecule has 0 saturated heterocycles. The lowest BCUT2D eigenvalue weighted by molar-refractivity contribution is 0.0636. The quantitative estimate of drug-likeness (QED) is 0.366. The fourth-order valence-electron chi connectivity index (χ4n) is 1.92. The first kappa shape index (κ1) is 18.4. The van der Waals surface area contributed by atoms with Crippen molar-refractivity contribution in [3.8, 4) is 0 Å². The molecule has 0 saturated carbocycles. The summed E-state index contributed by atoms with van der Waals surface area (Å²) in [5.74, 6) is 0. The molecule has 0 bridgehead atoms. The standard InChI is InChI=1S/C15H32BrNO/c1-15(2)18-14-13-17(3)12-10-8-6-4-5-7-9-11-16/h15H,4-14H2,1-3H3. The minimum atomic E-state index is 0.359. The van der Waals surface area contributed by atoms with Crippen LogP contribution in [0, 0.1) is 0 Å². The minimum absolute atomic E-state index is 0.359. The molecule has 0 aromatic rings. The van der Waals surface area contributed by atoms with Crippen LogP contribution in [0.2, 0.25) is 0 Å². The van der Waals surface area contributed by atoms with Crippen molar-refractivity contribution in [3.63, 3.8) is 0 Å². The summed E-state index contributed by atoms with van der Waals surface area (Å²) in [5, 5.41) is 1.16. The highest BCUT2D eigenvalue weighted by Crippen LogP contribution is 2.08. The molecule has 0 amide bonds. The lowest BCUT2D eigenvalue weighted by atomic mass is 10.1. The van der Waals surface area contributed by atoms with E-state index in [1.165, 1.54) is 51.5 Å². The molecule has 3 heteroatoms. The molecule has 0 unspecified atom stereocenters. The molecule has 2 nitrogen and oxygen atoms in total. The number of alkyl halides is 1. The molecule has 0 heterocycles. The van der Waals surface area contributed by atoms with Crippen molar-refractivity contribution < 1.29 is 4.74 Å². The molecule has 0 aromatic carbocycles. The first-order valence-corrected chi connectivity index (χ1v) is 8.65. The third-order valence-electron chi connectivity index (χ3n) is 3.10. The van der Waals surface area contributed by atoms with Crippen molar-refractivity contribution in [1.29, 1.82) is 0 Å². The van der Waals surface area contributed by atoms with Crippen LogP contribution in [0.3, 0.4) is 0 Å². The summed E-state index contributed by atoms with van der Waals surface area (Å²) in [7, 11) is 2.19. The van der Waals surface area contributed by atoms with Gasteiger partial charge in [0.2, 0.25) is 0 Å². The van der Waals surface area contributed by atoms with Gasteiger partial charge < -0.3 is 9.64 Å². The van der Waals surface area contributed by atoms with Gasteiger partial charge in [-0.05, 0) is 40.3 Å². The zero-order valence-corrected chi connectivity index (χ0v) is 14.2. The normalized spacial score (nSPS) is 11.7. The van der Waals surface area contributed by atoms with Crippen LogP contribution in [-0.4, -0.2) is 43.1 Å². The maximum absolute atomic E-state index is 5.55. The van der Waals surface area contributed by atoms with Crippen LogP contribution in [0.4, 0.5) is 0 Å². The van der Waals surface area contributed by atoms with Gasteiger partial charge in [0.05, 0.1) is 12.7 Å². The zero-order chi connectivity index (χ0) is 13.6. The highest BCUT2D eigenvalue weighted by Gasteiger charge is 1.99. The largest absolute Gasteiger partial charge is 0.377 e. The summed E-state index contributed by atoms with van der Waals surface area (Å²) in [6.45, 7) is 7.32. The third kappa shape index (κ3) is 14.5. The van der Waals surface area contributed by atoms with Gasteiger partial charge in [-0.25, -0.2) is 0 Å². The number of hydrogen-bond donors (Lipinski definition) is 0. The maximum atomic E-state index is 5.55. The van der Waals surface area contributed by atoms with Gasteiger partial charge in [-0.15, -0.1) is 0 Å². The fraction of sp³-hybridized carbons (Fsp3) is 1.00. The van der Waals surface area contributed by atoms with E-state index in [0.717, 1.165) is 18.5 Å². The SMILES string of the molecule is CC(C)OCCN(C)CCCCCCCCCBr.